The van der Waals surface area contributed by atoms with E-state index >= 15 is 0 Å². The third-order valence-electron chi connectivity index (χ3n) is 5.55. The van der Waals surface area contributed by atoms with E-state index in [1.807, 2.05) is 0 Å². The first kappa shape index (κ1) is 24.7. The monoisotopic (exact) mass is 387 g/mol. The van der Waals surface area contributed by atoms with Crippen molar-refractivity contribution in [3.63, 3.8) is 0 Å². The van der Waals surface area contributed by atoms with Crippen LogP contribution in [-0.4, -0.2) is 12.5 Å². The van der Waals surface area contributed by atoms with Gasteiger partial charge in [-0.1, -0.05) is 114 Å². The van der Waals surface area contributed by atoms with E-state index < -0.39 is 0 Å². The van der Waals surface area contributed by atoms with Crippen LogP contribution in [0.5, 0.6) is 0 Å². The summed E-state index contributed by atoms with van der Waals surface area (Å²) in [5, 5.41) is 3.07. The Balaban J connectivity index is 1.81. The lowest BCUT2D eigenvalue weighted by Crippen LogP contribution is -2.24. The van der Waals surface area contributed by atoms with Crippen molar-refractivity contribution in [1.82, 2.24) is 5.32 Å². The van der Waals surface area contributed by atoms with Crippen molar-refractivity contribution in [2.45, 2.75) is 117 Å². The highest BCUT2D eigenvalue weighted by Gasteiger charge is 2.01. The molecule has 1 aromatic carbocycles. The summed E-state index contributed by atoms with van der Waals surface area (Å²) in [5.41, 5.74) is 2.68. The maximum atomic E-state index is 11.9. The summed E-state index contributed by atoms with van der Waals surface area (Å²) in [5.74, 6) is 0.229. The van der Waals surface area contributed by atoms with E-state index in [4.69, 9.17) is 0 Å². The first-order valence-electron chi connectivity index (χ1n) is 12.0. The highest BCUT2D eigenvalue weighted by molar-refractivity contribution is 5.75. The van der Waals surface area contributed by atoms with Gasteiger partial charge in [-0.3, -0.25) is 4.79 Å². The average molecular weight is 388 g/mol. The van der Waals surface area contributed by atoms with Crippen molar-refractivity contribution in [3.8, 4) is 0 Å². The molecule has 1 amide bonds. The molecule has 1 aromatic rings. The minimum Gasteiger partial charge on any atom is -0.356 e. The molecule has 0 unspecified atom stereocenters. The fourth-order valence-electron chi connectivity index (χ4n) is 3.78. The first-order chi connectivity index (χ1) is 13.7. The second-order valence-corrected chi connectivity index (χ2v) is 8.44. The molecule has 0 aliphatic carbocycles. The van der Waals surface area contributed by atoms with Crippen molar-refractivity contribution in [2.75, 3.05) is 6.54 Å². The molecule has 0 aromatic heterocycles. The molecule has 0 aliphatic rings. The highest BCUT2D eigenvalue weighted by atomic mass is 16.1. The standard InChI is InChI=1S/C26H45NO/c1-3-4-5-6-7-8-9-10-11-12-13-14-15-21-26(28)27-22-17-20-25-19-16-18-24(2)23-25/h16,18-19,23H,3-15,17,20-22H2,1-2H3,(H,27,28). The number of rotatable bonds is 18. The van der Waals surface area contributed by atoms with Crippen LogP contribution in [0.4, 0.5) is 0 Å². The summed E-state index contributed by atoms with van der Waals surface area (Å²) in [4.78, 5) is 11.9. The van der Waals surface area contributed by atoms with Gasteiger partial charge in [0.2, 0.25) is 5.91 Å². The molecule has 0 aliphatic heterocycles. The predicted octanol–water partition coefficient (Wildman–Crippen LogP) is 7.53. The molecular formula is C26H45NO. The molecule has 28 heavy (non-hydrogen) atoms. The number of carbonyl (C=O) groups excluding carboxylic acids is 1. The van der Waals surface area contributed by atoms with Gasteiger partial charge in [-0.2, -0.15) is 0 Å². The van der Waals surface area contributed by atoms with Crippen molar-refractivity contribution >= 4 is 5.91 Å². The molecule has 0 saturated carbocycles. The number of unbranched alkanes of at least 4 members (excludes halogenated alkanes) is 12. The Morgan fingerprint density at radius 1 is 0.786 bits per heavy atom. The van der Waals surface area contributed by atoms with E-state index in [0.717, 1.165) is 25.8 Å². The van der Waals surface area contributed by atoms with Crippen LogP contribution in [-0.2, 0) is 11.2 Å². The Kier molecular flexibility index (Phi) is 15.7. The third-order valence-corrected chi connectivity index (χ3v) is 5.55. The maximum absolute atomic E-state index is 11.9. The molecule has 0 bridgehead atoms. The number of carbonyl (C=O) groups is 1. The van der Waals surface area contributed by atoms with Crippen LogP contribution in [0.25, 0.3) is 0 Å². The topological polar surface area (TPSA) is 29.1 Å². The smallest absolute Gasteiger partial charge is 0.219 e. The van der Waals surface area contributed by atoms with Crippen molar-refractivity contribution in [3.05, 3.63) is 35.4 Å². The van der Waals surface area contributed by atoms with Crippen molar-refractivity contribution in [1.29, 1.82) is 0 Å². The van der Waals surface area contributed by atoms with Crippen LogP contribution in [0.2, 0.25) is 0 Å². The third kappa shape index (κ3) is 14.7. The Hall–Kier alpha value is -1.31. The van der Waals surface area contributed by atoms with Gasteiger partial charge in [-0.25, -0.2) is 0 Å². The molecule has 1 N–H and O–H groups in total. The van der Waals surface area contributed by atoms with E-state index in [9.17, 15) is 4.79 Å². The van der Waals surface area contributed by atoms with Gasteiger partial charge in [0.25, 0.3) is 0 Å². The van der Waals surface area contributed by atoms with Gasteiger partial charge in [0.05, 0.1) is 0 Å². The molecule has 0 saturated heterocycles. The van der Waals surface area contributed by atoms with Crippen LogP contribution >= 0.6 is 0 Å². The van der Waals surface area contributed by atoms with Gasteiger partial charge in [0, 0.05) is 13.0 Å². The van der Waals surface area contributed by atoms with Gasteiger partial charge in [0.1, 0.15) is 0 Å². The van der Waals surface area contributed by atoms with Crippen LogP contribution in [0.3, 0.4) is 0 Å². The summed E-state index contributed by atoms with van der Waals surface area (Å²) >= 11 is 0. The normalized spacial score (nSPS) is 10.9. The summed E-state index contributed by atoms with van der Waals surface area (Å²) in [6.45, 7) is 5.20. The van der Waals surface area contributed by atoms with Crippen LogP contribution in [0, 0.1) is 6.92 Å². The van der Waals surface area contributed by atoms with Gasteiger partial charge in [-0.05, 0) is 31.7 Å². The van der Waals surface area contributed by atoms with E-state index in [2.05, 4.69) is 43.4 Å². The fourth-order valence-corrected chi connectivity index (χ4v) is 3.78. The van der Waals surface area contributed by atoms with Crippen molar-refractivity contribution in [2.24, 2.45) is 0 Å². The predicted molar refractivity (Wildman–Crippen MR) is 123 cm³/mol. The Morgan fingerprint density at radius 2 is 1.36 bits per heavy atom. The van der Waals surface area contributed by atoms with E-state index in [0.29, 0.717) is 6.42 Å². The first-order valence-corrected chi connectivity index (χ1v) is 12.0. The van der Waals surface area contributed by atoms with E-state index in [1.54, 1.807) is 0 Å². The lowest BCUT2D eigenvalue weighted by molar-refractivity contribution is -0.121. The highest BCUT2D eigenvalue weighted by Crippen LogP contribution is 2.13. The molecule has 160 valence electrons. The zero-order valence-electron chi connectivity index (χ0n) is 18.7. The molecule has 0 heterocycles. The van der Waals surface area contributed by atoms with Gasteiger partial charge in [-0.15, -0.1) is 0 Å². The molecular weight excluding hydrogens is 342 g/mol. The van der Waals surface area contributed by atoms with Gasteiger partial charge in [0.15, 0.2) is 0 Å². The largest absolute Gasteiger partial charge is 0.356 e. The molecule has 0 fully saturated rings. The minimum atomic E-state index is 0.229. The molecule has 0 radical (unpaired) electrons. The molecule has 2 heteroatoms. The summed E-state index contributed by atoms with van der Waals surface area (Å²) in [7, 11) is 0. The number of nitrogens with one attached hydrogen (secondary N) is 1. The summed E-state index contributed by atoms with van der Waals surface area (Å²) in [6, 6.07) is 8.64. The average Bonchev–Trinajstić information content (AvgIpc) is 2.69. The Morgan fingerprint density at radius 3 is 1.93 bits per heavy atom. The quantitative estimate of drug-likeness (QED) is 0.259. The summed E-state index contributed by atoms with van der Waals surface area (Å²) in [6.07, 6.45) is 20.3. The molecule has 0 atom stereocenters. The SMILES string of the molecule is CCCCCCCCCCCCCCCC(=O)NCCCc1cccc(C)c1. The number of hydrogen-bond acceptors (Lipinski definition) is 1. The minimum absolute atomic E-state index is 0.229. The lowest BCUT2D eigenvalue weighted by Gasteiger charge is -2.06. The fraction of sp³-hybridized carbons (Fsp3) is 0.731. The van der Waals surface area contributed by atoms with Crippen LogP contribution in [0.15, 0.2) is 24.3 Å². The zero-order valence-corrected chi connectivity index (χ0v) is 18.7. The molecule has 2 nitrogen and oxygen atoms in total. The second kappa shape index (κ2) is 17.8. The number of hydrogen-bond donors (Lipinski definition) is 1. The van der Waals surface area contributed by atoms with Crippen LogP contribution < -0.4 is 5.32 Å². The second-order valence-electron chi connectivity index (χ2n) is 8.44. The lowest BCUT2D eigenvalue weighted by atomic mass is 10.0. The number of amides is 1. The Bertz CT molecular complexity index is 497. The van der Waals surface area contributed by atoms with E-state index in [1.165, 1.54) is 88.2 Å². The zero-order chi connectivity index (χ0) is 20.3. The van der Waals surface area contributed by atoms with Gasteiger partial charge >= 0.3 is 0 Å². The maximum Gasteiger partial charge on any atom is 0.219 e. The Labute approximate surface area is 174 Å². The molecule has 1 rings (SSSR count). The summed E-state index contributed by atoms with van der Waals surface area (Å²) < 4.78 is 0. The van der Waals surface area contributed by atoms with E-state index in [-0.39, 0.29) is 5.91 Å². The number of benzene rings is 1. The van der Waals surface area contributed by atoms with Gasteiger partial charge < -0.3 is 5.32 Å². The van der Waals surface area contributed by atoms with Crippen LogP contribution in [0.1, 0.15) is 114 Å². The number of aryl methyl sites for hydroxylation is 2. The molecule has 0 spiro atoms. The van der Waals surface area contributed by atoms with Crippen molar-refractivity contribution < 1.29 is 4.79 Å².